The van der Waals surface area contributed by atoms with E-state index in [2.05, 4.69) is 10.6 Å². The highest BCUT2D eigenvalue weighted by Crippen LogP contribution is 2.10. The second-order valence-corrected chi connectivity index (χ2v) is 11.7. The Morgan fingerprint density at radius 1 is 0.604 bits per heavy atom. The number of carbonyl (C=O) groups is 5. The van der Waals surface area contributed by atoms with Crippen molar-refractivity contribution in [2.75, 3.05) is 6.61 Å². The summed E-state index contributed by atoms with van der Waals surface area (Å²) in [5.74, 6) is -3.16. The average Bonchev–Trinajstić information content (AvgIpc) is 3.07. The van der Waals surface area contributed by atoms with E-state index in [9.17, 15) is 29.1 Å². The molecule has 0 spiro atoms. The van der Waals surface area contributed by atoms with Gasteiger partial charge in [-0.25, -0.2) is 14.4 Å². The first-order valence-electron chi connectivity index (χ1n) is 15.3. The number of carboxylic acids is 1. The predicted molar refractivity (Wildman–Crippen MR) is 180 cm³/mol. The minimum Gasteiger partial charge on any atom is -0.480 e. The molecule has 250 valence electrons. The molecule has 0 bridgehead atoms. The summed E-state index contributed by atoms with van der Waals surface area (Å²) >= 11 is 0. The van der Waals surface area contributed by atoms with Crippen LogP contribution in [0.1, 0.15) is 52.6 Å². The molecule has 4 aromatic rings. The summed E-state index contributed by atoms with van der Waals surface area (Å²) in [7, 11) is 0. The Hall–Kier alpha value is -5.77. The van der Waals surface area contributed by atoms with Crippen LogP contribution in [0.4, 0.5) is 0 Å². The van der Waals surface area contributed by atoms with Crippen molar-refractivity contribution in [3.63, 3.8) is 0 Å². The zero-order valence-corrected chi connectivity index (χ0v) is 27.1. The Labute approximate surface area is 280 Å². The van der Waals surface area contributed by atoms with Gasteiger partial charge in [0.1, 0.15) is 17.7 Å². The Morgan fingerprint density at radius 3 is 1.38 bits per heavy atom. The number of hydrogen-bond acceptors (Lipinski definition) is 7. The quantitative estimate of drug-likeness (QED) is 0.181. The van der Waals surface area contributed by atoms with Crippen LogP contribution in [0.25, 0.3) is 0 Å². The second-order valence-electron chi connectivity index (χ2n) is 11.7. The van der Waals surface area contributed by atoms with Gasteiger partial charge < -0.3 is 25.2 Å². The molecule has 48 heavy (non-hydrogen) atoms. The molecule has 10 heteroatoms. The summed E-state index contributed by atoms with van der Waals surface area (Å²) in [5.41, 5.74) is 1.93. The van der Waals surface area contributed by atoms with Gasteiger partial charge in [-0.05, 0) is 56.2 Å². The molecular formula is C38H40N2O8. The number of benzene rings is 4. The van der Waals surface area contributed by atoms with E-state index in [-0.39, 0.29) is 18.7 Å². The Bertz CT molecular complexity index is 1620. The van der Waals surface area contributed by atoms with Crippen LogP contribution in [-0.2, 0) is 36.7 Å². The predicted octanol–water partition coefficient (Wildman–Crippen LogP) is 5.02. The van der Waals surface area contributed by atoms with Crippen LogP contribution in [0.5, 0.6) is 0 Å². The van der Waals surface area contributed by atoms with Crippen LogP contribution in [0, 0.1) is 0 Å². The van der Waals surface area contributed by atoms with Crippen LogP contribution >= 0.6 is 0 Å². The molecule has 4 rings (SSSR count). The highest BCUT2D eigenvalue weighted by Gasteiger charge is 2.26. The fraction of sp³-hybridized carbons (Fsp3) is 0.237. The summed E-state index contributed by atoms with van der Waals surface area (Å²) in [6.07, 6.45) is 0.501. The minimum atomic E-state index is -1.04. The largest absolute Gasteiger partial charge is 0.480 e. The third kappa shape index (κ3) is 13.3. The monoisotopic (exact) mass is 652 g/mol. The lowest BCUT2D eigenvalue weighted by atomic mass is 10.1. The number of esters is 2. The molecule has 0 aliphatic rings. The van der Waals surface area contributed by atoms with Crippen LogP contribution in [-0.4, -0.2) is 59.1 Å². The molecule has 2 atom stereocenters. The van der Waals surface area contributed by atoms with Gasteiger partial charge in [-0.1, -0.05) is 97.1 Å². The standard InChI is InChI=1S/C22H25NO5.C16H15NO3/c1-22(2,3)28-19(24)15-27-21(26)18(14-16-10-6-4-7-11-16)23-20(25)17-12-8-5-9-13-17;18-15(13-9-5-2-6-10-13)17-14(16(19)20)11-12-7-3-1-4-8-12/h4-13,18H,14-15H2,1-3H3,(H,23,25);1-10,14H,11H2,(H,17,18)(H,19,20)/t18-;14-/m00/s1. The molecule has 0 saturated heterocycles. The average molecular weight is 653 g/mol. The summed E-state index contributed by atoms with van der Waals surface area (Å²) in [6.45, 7) is 4.67. The summed E-state index contributed by atoms with van der Waals surface area (Å²) < 4.78 is 10.2. The van der Waals surface area contributed by atoms with Crippen LogP contribution < -0.4 is 10.6 Å². The van der Waals surface area contributed by atoms with Gasteiger partial charge in [-0.15, -0.1) is 0 Å². The maximum absolute atomic E-state index is 12.5. The fourth-order valence-electron chi connectivity index (χ4n) is 4.36. The fourth-order valence-corrected chi connectivity index (χ4v) is 4.36. The molecule has 0 unspecified atom stereocenters. The summed E-state index contributed by atoms with van der Waals surface area (Å²) in [4.78, 5) is 60.0. The molecule has 10 nitrogen and oxygen atoms in total. The zero-order valence-electron chi connectivity index (χ0n) is 27.1. The van der Waals surface area contributed by atoms with Crippen molar-refractivity contribution in [2.45, 2.75) is 51.3 Å². The van der Waals surface area contributed by atoms with Crippen LogP contribution in [0.3, 0.4) is 0 Å². The van der Waals surface area contributed by atoms with E-state index in [1.54, 1.807) is 81.4 Å². The van der Waals surface area contributed by atoms with Crippen molar-refractivity contribution in [3.05, 3.63) is 144 Å². The third-order valence-corrected chi connectivity index (χ3v) is 6.58. The summed E-state index contributed by atoms with van der Waals surface area (Å²) in [6, 6.07) is 33.8. The number of carboxylic acid groups (broad SMARTS) is 1. The molecular weight excluding hydrogens is 612 g/mol. The van der Waals surface area contributed by atoms with E-state index in [0.29, 0.717) is 11.1 Å². The number of hydrogen-bond donors (Lipinski definition) is 3. The molecule has 4 aromatic carbocycles. The lowest BCUT2D eigenvalue weighted by Crippen LogP contribution is -2.44. The maximum Gasteiger partial charge on any atom is 0.344 e. The smallest absolute Gasteiger partial charge is 0.344 e. The number of amides is 2. The molecule has 0 saturated carbocycles. The van der Waals surface area contributed by atoms with E-state index in [4.69, 9.17) is 9.47 Å². The van der Waals surface area contributed by atoms with Gasteiger partial charge in [0, 0.05) is 24.0 Å². The van der Waals surface area contributed by atoms with Gasteiger partial charge in [-0.3, -0.25) is 9.59 Å². The van der Waals surface area contributed by atoms with Gasteiger partial charge in [-0.2, -0.15) is 0 Å². The molecule has 2 amide bonds. The number of ether oxygens (including phenoxy) is 2. The third-order valence-electron chi connectivity index (χ3n) is 6.58. The lowest BCUT2D eigenvalue weighted by Gasteiger charge is -2.21. The summed E-state index contributed by atoms with van der Waals surface area (Å²) in [5, 5.41) is 14.4. The van der Waals surface area contributed by atoms with Gasteiger partial charge in [0.05, 0.1) is 0 Å². The SMILES string of the molecule is CC(C)(C)OC(=O)COC(=O)[C@H](Cc1ccccc1)NC(=O)c1ccccc1.O=C(N[C@@H](Cc1ccccc1)C(=O)O)c1ccccc1. The van der Waals surface area contributed by atoms with E-state index in [1.165, 1.54) is 0 Å². The second kappa shape index (κ2) is 18.4. The van der Waals surface area contributed by atoms with Gasteiger partial charge in [0.15, 0.2) is 6.61 Å². The van der Waals surface area contributed by atoms with Crippen molar-refractivity contribution in [3.8, 4) is 0 Å². The van der Waals surface area contributed by atoms with E-state index < -0.39 is 48.1 Å². The molecule has 0 heterocycles. The topological polar surface area (TPSA) is 148 Å². The number of aliphatic carboxylic acids is 1. The van der Waals surface area contributed by atoms with Crippen molar-refractivity contribution < 1.29 is 38.6 Å². The first-order valence-corrected chi connectivity index (χ1v) is 15.3. The molecule has 0 aliphatic heterocycles. The number of nitrogens with one attached hydrogen (secondary N) is 2. The normalized spacial score (nSPS) is 11.8. The first-order chi connectivity index (χ1) is 22.9. The maximum atomic E-state index is 12.5. The lowest BCUT2D eigenvalue weighted by molar-refractivity contribution is -0.167. The van der Waals surface area contributed by atoms with E-state index >= 15 is 0 Å². The van der Waals surface area contributed by atoms with Crippen molar-refractivity contribution in [1.82, 2.24) is 10.6 Å². The van der Waals surface area contributed by atoms with E-state index in [0.717, 1.165) is 11.1 Å². The van der Waals surface area contributed by atoms with Crippen LogP contribution in [0.15, 0.2) is 121 Å². The highest BCUT2D eigenvalue weighted by molar-refractivity contribution is 5.97. The molecule has 0 radical (unpaired) electrons. The number of carbonyl (C=O) groups excluding carboxylic acids is 4. The van der Waals surface area contributed by atoms with Gasteiger partial charge >= 0.3 is 17.9 Å². The Balaban J connectivity index is 0.000000275. The zero-order chi connectivity index (χ0) is 34.9. The molecule has 0 aromatic heterocycles. The Morgan fingerprint density at radius 2 is 0.979 bits per heavy atom. The molecule has 0 aliphatic carbocycles. The van der Waals surface area contributed by atoms with Crippen molar-refractivity contribution in [1.29, 1.82) is 0 Å². The van der Waals surface area contributed by atoms with Crippen molar-refractivity contribution in [2.24, 2.45) is 0 Å². The van der Waals surface area contributed by atoms with Crippen LogP contribution in [0.2, 0.25) is 0 Å². The van der Waals surface area contributed by atoms with Gasteiger partial charge in [0.25, 0.3) is 11.8 Å². The van der Waals surface area contributed by atoms with Crippen molar-refractivity contribution >= 4 is 29.7 Å². The first kappa shape index (κ1) is 36.7. The van der Waals surface area contributed by atoms with E-state index in [1.807, 2.05) is 60.7 Å². The minimum absolute atomic E-state index is 0.243. The molecule has 3 N–H and O–H groups in total. The Kier molecular flexibility index (Phi) is 14.1. The number of rotatable bonds is 12. The highest BCUT2D eigenvalue weighted by atomic mass is 16.6. The molecule has 0 fully saturated rings. The van der Waals surface area contributed by atoms with Gasteiger partial charge in [0.2, 0.25) is 0 Å².